The van der Waals surface area contributed by atoms with E-state index in [0.717, 1.165) is 22.4 Å². The van der Waals surface area contributed by atoms with Gasteiger partial charge >= 0.3 is 130 Å². The quantitative estimate of drug-likeness (QED) is 0.116. The summed E-state index contributed by atoms with van der Waals surface area (Å²) in [6.07, 6.45) is 2.72. The number of rotatable bonds is 5. The van der Waals surface area contributed by atoms with E-state index in [9.17, 15) is 0 Å². The molecule has 0 saturated carbocycles. The molecule has 0 bridgehead atoms. The first-order chi connectivity index (χ1) is 28.1. The van der Waals surface area contributed by atoms with Crippen LogP contribution >= 0.6 is 19.9 Å². The summed E-state index contributed by atoms with van der Waals surface area (Å²) in [4.78, 5) is 17.3. The van der Waals surface area contributed by atoms with Gasteiger partial charge in [-0.05, 0) is 95.2 Å². The Bertz CT molecular complexity index is 2230. The molecular weight excluding hydrogens is 787 g/mol. The molecule has 14 heteroatoms. The van der Waals surface area contributed by atoms with Crippen molar-refractivity contribution in [3.05, 3.63) is 161 Å². The number of nitrogens with zero attached hydrogens (tertiary/aromatic N) is 2. The fourth-order valence-electron chi connectivity index (χ4n) is 4.14. The molecule has 0 spiro atoms. The summed E-state index contributed by atoms with van der Waals surface area (Å²) in [7, 11) is -4.50. The van der Waals surface area contributed by atoms with E-state index >= 15 is 0 Å². The summed E-state index contributed by atoms with van der Waals surface area (Å²) in [5.74, 6) is 0. The first-order valence-corrected chi connectivity index (χ1v) is 32.8. The fourth-order valence-corrected chi connectivity index (χ4v) is 4.32. The molecule has 6 aromatic rings. The third kappa shape index (κ3) is 20.6. The van der Waals surface area contributed by atoms with Crippen LogP contribution < -0.4 is 67.0 Å². The number of hydrogen-bond donors (Lipinski definition) is 2. The van der Waals surface area contributed by atoms with E-state index in [-0.39, 0.29) is 80.5 Å². The topological polar surface area (TPSA) is 139 Å². The summed E-state index contributed by atoms with van der Waals surface area (Å²) in [6.45, 7) is -4.51. The molecule has 0 aliphatic rings. The van der Waals surface area contributed by atoms with Gasteiger partial charge in [0, 0.05) is 40.9 Å². The molecule has 0 fully saturated rings. The van der Waals surface area contributed by atoms with Gasteiger partial charge in [-0.3, -0.25) is 9.97 Å². The van der Waals surface area contributed by atoms with Gasteiger partial charge in [-0.25, -0.2) is 4.67 Å². The Morgan fingerprint density at radius 1 is 0.736 bits per heavy atom. The van der Waals surface area contributed by atoms with Crippen molar-refractivity contribution in [3.63, 3.8) is 0 Å². The third-order valence-electron chi connectivity index (χ3n) is 6.57. The molecule has 8 nitrogen and oxygen atoms in total. The van der Waals surface area contributed by atoms with Crippen LogP contribution in [0.4, 0.5) is 0 Å². The molecule has 6 rings (SSSR count). The van der Waals surface area contributed by atoms with Crippen molar-refractivity contribution in [1.29, 1.82) is 0 Å². The van der Waals surface area contributed by atoms with Crippen LogP contribution in [0, 0.1) is 27.5 Å². The first-order valence-electron chi connectivity index (χ1n) is 19.9. The van der Waals surface area contributed by atoms with E-state index in [2.05, 4.69) is 45.8 Å². The zero-order valence-corrected chi connectivity index (χ0v) is 40.0. The molecule has 0 aliphatic heterocycles. The Kier molecular flexibility index (Phi) is 22.3. The second kappa shape index (κ2) is 30.4. The van der Waals surface area contributed by atoms with E-state index in [4.69, 9.17) is 48.7 Å². The van der Waals surface area contributed by atoms with Crippen molar-refractivity contribution in [3.8, 4) is 33.6 Å². The van der Waals surface area contributed by atoms with Crippen LogP contribution in [0.3, 0.4) is 0 Å². The molecule has 0 aliphatic carbocycles. The number of pyridine rings is 2. The van der Waals surface area contributed by atoms with Crippen molar-refractivity contribution in [1.82, 2.24) is 9.97 Å². The molecule has 53 heavy (non-hydrogen) atoms. The van der Waals surface area contributed by atoms with Crippen LogP contribution in [0.1, 0.15) is 42.0 Å². The van der Waals surface area contributed by atoms with E-state index in [1.54, 1.807) is 48.5 Å². The summed E-state index contributed by atoms with van der Waals surface area (Å²) < 4.78 is 77.5. The number of aromatic nitrogens is 2. The van der Waals surface area contributed by atoms with Gasteiger partial charge in [0.05, 0.1) is 11.4 Å². The van der Waals surface area contributed by atoms with E-state index < -0.39 is 35.9 Å². The minimum absolute atomic E-state index is 0. The van der Waals surface area contributed by atoms with Crippen LogP contribution in [-0.4, -0.2) is 90.3 Å². The predicted octanol–water partition coefficient (Wildman–Crippen LogP) is 3.59. The first kappa shape index (κ1) is 38.8. The van der Waals surface area contributed by atoms with Crippen LogP contribution in [-0.2, 0) is 9.24 Å². The average molecular weight is 836 g/mol. The SMILES string of the molecule is C.O=[P+]([O-])O[O-].OB(O)c1ccccc1.[2H]C([2H])([2H])c1ccc(-c2ccc(C([2H])([2H])[2H])c(Cl)c2)nc1.[2H]C([2H])([2H])c1ccc(-c2ccc(C)c(-c3ccccc3)c2)nc1.[K+].[K][K]. The Morgan fingerprint density at radius 3 is 1.58 bits per heavy atom. The number of halogens is 1. The third-order valence-corrected chi connectivity index (χ3v) is 7.00. The van der Waals surface area contributed by atoms with Gasteiger partial charge in [0.15, 0.2) is 0 Å². The Labute approximate surface area is 420 Å². The van der Waals surface area contributed by atoms with E-state index in [1.807, 2.05) is 30.3 Å². The molecule has 0 saturated heterocycles. The molecule has 1 unspecified atom stereocenters. The second-order valence-electron chi connectivity index (χ2n) is 10.0. The van der Waals surface area contributed by atoms with Crippen molar-refractivity contribution >= 4 is 95.6 Å². The van der Waals surface area contributed by atoms with E-state index in [0.29, 0.717) is 16.7 Å². The monoisotopic (exact) mass is 835 g/mol. The normalized spacial score (nSPS) is 12.9. The maximum absolute atomic E-state index is 8.87. The second-order valence-corrected chi connectivity index (χ2v) is 11.0. The fraction of sp³-hybridized carbons (Fsp3) is 0.128. The van der Waals surface area contributed by atoms with Crippen molar-refractivity contribution < 1.29 is 93.2 Å². The molecule has 0 radical (unpaired) electrons. The minimum atomic E-state index is -3.15. The molecule has 2 heterocycles. The van der Waals surface area contributed by atoms with Crippen molar-refractivity contribution in [2.24, 2.45) is 0 Å². The van der Waals surface area contributed by atoms with Gasteiger partial charge < -0.3 is 20.2 Å². The molecule has 4 aromatic carbocycles. The van der Waals surface area contributed by atoms with Gasteiger partial charge in [-0.15, -0.1) is 0 Å². The van der Waals surface area contributed by atoms with Gasteiger partial charge in [0.1, 0.15) is 0 Å². The summed E-state index contributed by atoms with van der Waals surface area (Å²) >= 11 is 8.49. The van der Waals surface area contributed by atoms with Gasteiger partial charge in [-0.2, -0.15) is 0 Å². The van der Waals surface area contributed by atoms with Crippen LogP contribution in [0.2, 0.25) is 5.02 Å². The van der Waals surface area contributed by atoms with Crippen molar-refractivity contribution in [2.45, 2.75) is 34.9 Å². The number of aryl methyl sites for hydroxylation is 4. The Morgan fingerprint density at radius 2 is 1.21 bits per heavy atom. The summed E-state index contributed by atoms with van der Waals surface area (Å²) in [5.41, 5.74) is 7.43. The number of benzene rings is 4. The van der Waals surface area contributed by atoms with Crippen LogP contribution in [0.25, 0.3) is 33.6 Å². The maximum atomic E-state index is 8.87. The summed E-state index contributed by atoms with van der Waals surface area (Å²) in [5, 5.41) is 25.8. The average Bonchev–Trinajstić information content (AvgIpc) is 3.22. The molecule has 2 N–H and O–H groups in total. The van der Waals surface area contributed by atoms with Crippen LogP contribution in [0.15, 0.2) is 134 Å². The zero-order chi connectivity index (χ0) is 45.3. The predicted molar refractivity (Wildman–Crippen MR) is 212 cm³/mol. The van der Waals surface area contributed by atoms with Gasteiger partial charge in [-0.1, -0.05) is 116 Å². The molecule has 0 amide bonds. The number of hydrogen-bond acceptors (Lipinski definition) is 8. The van der Waals surface area contributed by atoms with Crippen molar-refractivity contribution in [2.75, 3.05) is 0 Å². The molecule has 1 atom stereocenters. The molecule has 2 aromatic heterocycles. The van der Waals surface area contributed by atoms with E-state index in [1.165, 1.54) is 99.3 Å². The summed E-state index contributed by atoms with van der Waals surface area (Å²) in [6, 6.07) is 36.0. The molecular formula is C39H40BClK3N2O6P. The molecule has 260 valence electrons. The standard InChI is InChI=1S/C19H17N.C13H12ClN.C6H7BO2.CH4.3K.HO4P/c1-14-8-11-19(20-13-14)17-10-9-15(2)18(12-17)16-6-4-3-5-7-16;1-9-3-6-13(15-8-9)11-5-4-10(2)12(14)7-11;8-7(9)6-4-2-1-3-5-6;;;;;1-4-5(2)3/h3-13H,1-2H3;3-8H,1-2H3;1-5,8-9H;1H4;;;;1H/q;;;;;;+1;/p-1/i1D3;1D3,2D3;;;;;;. The van der Waals surface area contributed by atoms with Gasteiger partial charge in [0.25, 0.3) is 0 Å². The van der Waals surface area contributed by atoms with Gasteiger partial charge in [0.2, 0.25) is 0 Å². The Balaban J connectivity index is 0.000000875. The van der Waals surface area contributed by atoms with Crippen LogP contribution in [0.5, 0.6) is 0 Å². The zero-order valence-electron chi connectivity index (χ0n) is 38.0. The Hall–Kier alpha value is 0.344.